The van der Waals surface area contributed by atoms with Gasteiger partial charge < -0.3 is 10.2 Å². The average Bonchev–Trinajstić information content (AvgIpc) is 2.26. The molecule has 0 aliphatic carbocycles. The van der Waals surface area contributed by atoms with E-state index >= 15 is 0 Å². The van der Waals surface area contributed by atoms with E-state index in [4.69, 9.17) is 11.6 Å². The molecule has 1 aromatic rings. The molecule has 1 N–H and O–H groups in total. The van der Waals surface area contributed by atoms with Crippen molar-refractivity contribution in [1.29, 1.82) is 0 Å². The summed E-state index contributed by atoms with van der Waals surface area (Å²) in [6.07, 6.45) is 0. The van der Waals surface area contributed by atoms with Crippen LogP contribution in [0.3, 0.4) is 0 Å². The van der Waals surface area contributed by atoms with Gasteiger partial charge in [-0.05, 0) is 26.0 Å². The fourth-order valence-corrected chi connectivity index (χ4v) is 1.90. The number of benzene rings is 1. The van der Waals surface area contributed by atoms with Gasteiger partial charge in [0.2, 0.25) is 5.91 Å². The third-order valence-corrected chi connectivity index (χ3v) is 2.69. The Morgan fingerprint density at radius 1 is 1.53 bits per heavy atom. The number of nitrogens with one attached hydrogen (secondary N) is 1. The summed E-state index contributed by atoms with van der Waals surface area (Å²) < 4.78 is 0. The zero-order valence-electron chi connectivity index (χ0n) is 11.0. The highest BCUT2D eigenvalue weighted by molar-refractivity contribution is 6.33. The van der Waals surface area contributed by atoms with Crippen LogP contribution in [0.25, 0.3) is 0 Å². The number of carbonyl (C=O) groups is 1. The standard InChI is InChI=1S/C12H16ClN3O3/c1-8(2)14-11(17)7-15(3)10-6-4-5-9(13)12(10)16(18)19/h4-6,8H,7H2,1-3H3,(H,14,17). The summed E-state index contributed by atoms with van der Waals surface area (Å²) in [7, 11) is 1.61. The minimum absolute atomic E-state index is 0.0234. The Balaban J connectivity index is 2.94. The largest absolute Gasteiger partial charge is 0.360 e. The van der Waals surface area contributed by atoms with Crippen molar-refractivity contribution in [1.82, 2.24) is 5.32 Å². The number of anilines is 1. The molecule has 7 heteroatoms. The van der Waals surface area contributed by atoms with Gasteiger partial charge in [-0.25, -0.2) is 0 Å². The lowest BCUT2D eigenvalue weighted by Crippen LogP contribution is -2.38. The second-order valence-corrected chi connectivity index (χ2v) is 4.85. The number of hydrogen-bond donors (Lipinski definition) is 1. The number of amides is 1. The van der Waals surface area contributed by atoms with Crippen molar-refractivity contribution >= 4 is 28.9 Å². The van der Waals surface area contributed by atoms with Crippen LogP contribution in [0.5, 0.6) is 0 Å². The SMILES string of the molecule is CC(C)NC(=O)CN(C)c1cccc(Cl)c1[N+](=O)[O-]. The van der Waals surface area contributed by atoms with Crippen molar-refractivity contribution < 1.29 is 9.72 Å². The molecule has 0 heterocycles. The summed E-state index contributed by atoms with van der Waals surface area (Å²) in [5.41, 5.74) is 0.125. The van der Waals surface area contributed by atoms with Crippen LogP contribution in [-0.4, -0.2) is 30.5 Å². The number of para-hydroxylation sites is 1. The van der Waals surface area contributed by atoms with Gasteiger partial charge >= 0.3 is 5.69 Å². The number of carbonyl (C=O) groups excluding carboxylic acids is 1. The number of rotatable bonds is 5. The molecular formula is C12H16ClN3O3. The minimum atomic E-state index is -0.547. The van der Waals surface area contributed by atoms with Crippen molar-refractivity contribution in [3.63, 3.8) is 0 Å². The smallest absolute Gasteiger partial charge is 0.310 e. The molecule has 1 amide bonds. The Hall–Kier alpha value is -1.82. The highest BCUT2D eigenvalue weighted by Gasteiger charge is 2.22. The molecule has 6 nitrogen and oxygen atoms in total. The van der Waals surface area contributed by atoms with Gasteiger partial charge in [0.15, 0.2) is 0 Å². The number of halogens is 1. The molecule has 19 heavy (non-hydrogen) atoms. The quantitative estimate of drug-likeness (QED) is 0.665. The molecule has 1 rings (SSSR count). The number of hydrogen-bond acceptors (Lipinski definition) is 4. The van der Waals surface area contributed by atoms with Crippen molar-refractivity contribution in [2.24, 2.45) is 0 Å². The predicted octanol–water partition coefficient (Wildman–Crippen LogP) is 2.21. The zero-order valence-corrected chi connectivity index (χ0v) is 11.8. The van der Waals surface area contributed by atoms with Crippen LogP contribution in [0.1, 0.15) is 13.8 Å². The van der Waals surface area contributed by atoms with E-state index in [1.54, 1.807) is 19.2 Å². The Morgan fingerprint density at radius 3 is 2.68 bits per heavy atom. The van der Waals surface area contributed by atoms with Crippen molar-refractivity contribution in [3.05, 3.63) is 33.3 Å². The molecule has 0 fully saturated rings. The predicted molar refractivity (Wildman–Crippen MR) is 74.7 cm³/mol. The maximum atomic E-state index is 11.6. The maximum Gasteiger partial charge on any atom is 0.310 e. The summed E-state index contributed by atoms with van der Waals surface area (Å²) in [5, 5.41) is 13.8. The van der Waals surface area contributed by atoms with Gasteiger partial charge in [0.25, 0.3) is 0 Å². The summed E-state index contributed by atoms with van der Waals surface area (Å²) >= 11 is 5.82. The first-order valence-corrected chi connectivity index (χ1v) is 6.14. The van der Waals surface area contributed by atoms with Crippen molar-refractivity contribution in [2.45, 2.75) is 19.9 Å². The van der Waals surface area contributed by atoms with Crippen LogP contribution < -0.4 is 10.2 Å². The maximum absolute atomic E-state index is 11.6. The molecule has 1 aromatic carbocycles. The molecule has 0 saturated carbocycles. The van der Waals surface area contributed by atoms with Gasteiger partial charge in [-0.3, -0.25) is 14.9 Å². The zero-order chi connectivity index (χ0) is 14.6. The summed E-state index contributed by atoms with van der Waals surface area (Å²) in [6, 6.07) is 4.65. The van der Waals surface area contributed by atoms with E-state index in [-0.39, 0.29) is 29.2 Å². The number of likely N-dealkylation sites (N-methyl/N-ethyl adjacent to an activating group) is 1. The topological polar surface area (TPSA) is 75.5 Å². The third-order valence-electron chi connectivity index (χ3n) is 2.39. The monoisotopic (exact) mass is 285 g/mol. The van der Waals surface area contributed by atoms with Gasteiger partial charge in [0.05, 0.1) is 11.5 Å². The minimum Gasteiger partial charge on any atom is -0.360 e. The summed E-state index contributed by atoms with van der Waals surface area (Å²) in [6.45, 7) is 3.72. The van der Waals surface area contributed by atoms with Gasteiger partial charge in [-0.2, -0.15) is 0 Å². The van der Waals surface area contributed by atoms with Crippen molar-refractivity contribution in [2.75, 3.05) is 18.5 Å². The van der Waals surface area contributed by atoms with Crippen LogP contribution >= 0.6 is 11.6 Å². The van der Waals surface area contributed by atoms with Crippen molar-refractivity contribution in [3.8, 4) is 0 Å². The highest BCUT2D eigenvalue weighted by Crippen LogP contribution is 2.34. The van der Waals surface area contributed by atoms with Gasteiger partial charge in [-0.15, -0.1) is 0 Å². The van der Waals surface area contributed by atoms with E-state index < -0.39 is 4.92 Å². The number of nitro benzene ring substituents is 1. The normalized spacial score (nSPS) is 10.4. The van der Waals surface area contributed by atoms with Crippen LogP contribution in [0.2, 0.25) is 5.02 Å². The lowest BCUT2D eigenvalue weighted by atomic mass is 10.2. The van der Waals surface area contributed by atoms with E-state index in [0.717, 1.165) is 0 Å². The molecule has 0 atom stereocenters. The van der Waals surface area contributed by atoms with Crippen LogP contribution in [0.15, 0.2) is 18.2 Å². The molecule has 0 spiro atoms. The Kier molecular flexibility index (Phi) is 5.11. The van der Waals surface area contributed by atoms with Crippen LogP contribution in [0.4, 0.5) is 11.4 Å². The Labute approximate surface area is 116 Å². The molecular weight excluding hydrogens is 270 g/mol. The fourth-order valence-electron chi connectivity index (χ4n) is 1.66. The van der Waals surface area contributed by atoms with Gasteiger partial charge in [0, 0.05) is 13.1 Å². The molecule has 104 valence electrons. The fraction of sp³-hybridized carbons (Fsp3) is 0.417. The first-order chi connectivity index (χ1) is 8.82. The molecule has 0 unspecified atom stereocenters. The molecule has 0 radical (unpaired) electrons. The molecule has 0 aliphatic heterocycles. The van der Waals surface area contributed by atoms with Crippen LogP contribution in [-0.2, 0) is 4.79 Å². The van der Waals surface area contributed by atoms with E-state index in [9.17, 15) is 14.9 Å². The Morgan fingerprint density at radius 2 is 2.16 bits per heavy atom. The highest BCUT2D eigenvalue weighted by atomic mass is 35.5. The van der Waals surface area contributed by atoms with Gasteiger partial charge in [0.1, 0.15) is 10.7 Å². The molecule has 0 bridgehead atoms. The number of nitro groups is 1. The lowest BCUT2D eigenvalue weighted by Gasteiger charge is -2.19. The third kappa shape index (κ3) is 4.10. The van der Waals surface area contributed by atoms with E-state index in [2.05, 4.69) is 5.32 Å². The van der Waals surface area contributed by atoms with Gasteiger partial charge in [-0.1, -0.05) is 17.7 Å². The average molecular weight is 286 g/mol. The molecule has 0 saturated heterocycles. The first kappa shape index (κ1) is 15.2. The second kappa shape index (κ2) is 6.38. The number of nitrogens with zero attached hydrogens (tertiary/aromatic N) is 2. The van der Waals surface area contributed by atoms with E-state index in [1.165, 1.54) is 11.0 Å². The second-order valence-electron chi connectivity index (χ2n) is 4.44. The summed E-state index contributed by atoms with van der Waals surface area (Å²) in [5.74, 6) is -0.202. The lowest BCUT2D eigenvalue weighted by molar-refractivity contribution is -0.384. The Bertz CT molecular complexity index is 491. The summed E-state index contributed by atoms with van der Waals surface area (Å²) in [4.78, 5) is 23.6. The molecule has 0 aliphatic rings. The molecule has 0 aromatic heterocycles. The first-order valence-electron chi connectivity index (χ1n) is 5.76. The van der Waals surface area contributed by atoms with E-state index in [0.29, 0.717) is 5.69 Å². The van der Waals surface area contributed by atoms with E-state index in [1.807, 2.05) is 13.8 Å². The van der Waals surface area contributed by atoms with Crippen LogP contribution in [0, 0.1) is 10.1 Å².